The molecule has 5 rings (SSSR count). The molecule has 0 spiro atoms. The molecule has 2 saturated heterocycles. The molecule has 0 bridgehead atoms. The molecule has 1 aromatic heterocycles. The first-order chi connectivity index (χ1) is 16.5. The van der Waals surface area contributed by atoms with Crippen molar-refractivity contribution in [3.8, 4) is 11.5 Å². The largest absolute Gasteiger partial charge is 0.493 e. The molecular weight excluding hydrogens is 531 g/mol. The quantitative estimate of drug-likeness (QED) is 0.450. The fourth-order valence-electron chi connectivity index (χ4n) is 4.11. The van der Waals surface area contributed by atoms with Gasteiger partial charge in [-0.15, -0.1) is 0 Å². The summed E-state index contributed by atoms with van der Waals surface area (Å²) < 4.78 is 38.2. The van der Waals surface area contributed by atoms with E-state index in [2.05, 4.69) is 36.1 Å². The van der Waals surface area contributed by atoms with Crippen LogP contribution in [0.4, 0.5) is 15.9 Å². The van der Waals surface area contributed by atoms with E-state index < -0.39 is 5.82 Å². The van der Waals surface area contributed by atoms with Gasteiger partial charge in [-0.3, -0.25) is 4.90 Å². The molecule has 0 amide bonds. The van der Waals surface area contributed by atoms with Gasteiger partial charge < -0.3 is 24.3 Å². The lowest BCUT2D eigenvalue weighted by Gasteiger charge is -2.41. The Kier molecular flexibility index (Phi) is 7.03. The second-order valence-corrected chi connectivity index (χ2v) is 9.31. The van der Waals surface area contributed by atoms with E-state index in [0.717, 1.165) is 19.7 Å². The summed E-state index contributed by atoms with van der Waals surface area (Å²) in [4.78, 5) is 11.0. The minimum atomic E-state index is -0.579. The van der Waals surface area contributed by atoms with Crippen molar-refractivity contribution in [1.29, 1.82) is 0 Å². The van der Waals surface area contributed by atoms with Gasteiger partial charge in [0.1, 0.15) is 24.9 Å². The minimum Gasteiger partial charge on any atom is -0.493 e. The number of hydrogen-bond donors (Lipinski definition) is 1. The summed E-state index contributed by atoms with van der Waals surface area (Å²) in [5, 5.41) is 3.64. The number of nitrogens with zero attached hydrogens (tertiary/aromatic N) is 3. The minimum absolute atomic E-state index is 0.00930. The van der Waals surface area contributed by atoms with Crippen LogP contribution >= 0.6 is 27.5 Å². The second-order valence-electron chi connectivity index (χ2n) is 8.08. The summed E-state index contributed by atoms with van der Waals surface area (Å²) in [7, 11) is 1.56. The lowest BCUT2D eigenvalue weighted by Crippen LogP contribution is -2.56. The molecule has 8 nitrogen and oxygen atoms in total. The van der Waals surface area contributed by atoms with Crippen molar-refractivity contribution < 1.29 is 23.3 Å². The van der Waals surface area contributed by atoms with Crippen molar-refractivity contribution in [3.05, 3.63) is 45.9 Å². The lowest BCUT2D eigenvalue weighted by atomic mass is 10.1. The van der Waals surface area contributed by atoms with Crippen LogP contribution in [0.3, 0.4) is 0 Å². The van der Waals surface area contributed by atoms with E-state index in [9.17, 15) is 4.39 Å². The van der Waals surface area contributed by atoms with E-state index in [4.69, 9.17) is 30.5 Å². The Morgan fingerprint density at radius 2 is 2.15 bits per heavy atom. The summed E-state index contributed by atoms with van der Waals surface area (Å²) >= 11 is 9.24. The molecule has 2 aliphatic rings. The van der Waals surface area contributed by atoms with Crippen LogP contribution in [0.5, 0.6) is 11.5 Å². The molecule has 11 heteroatoms. The molecule has 34 heavy (non-hydrogen) atoms. The van der Waals surface area contributed by atoms with Crippen molar-refractivity contribution in [2.45, 2.75) is 12.1 Å². The molecule has 2 aromatic carbocycles. The maximum Gasteiger partial charge on any atom is 0.166 e. The van der Waals surface area contributed by atoms with E-state index >= 15 is 0 Å². The number of morpholine rings is 2. The average Bonchev–Trinajstić information content (AvgIpc) is 2.87. The molecule has 2 aliphatic heterocycles. The first-order valence-electron chi connectivity index (χ1n) is 10.8. The number of nitrogens with one attached hydrogen (secondary N) is 1. The Balaban J connectivity index is 1.36. The lowest BCUT2D eigenvalue weighted by molar-refractivity contribution is -0.124. The average molecular weight is 554 g/mol. The Morgan fingerprint density at radius 1 is 1.26 bits per heavy atom. The molecule has 0 saturated carbocycles. The van der Waals surface area contributed by atoms with Gasteiger partial charge in [-0.1, -0.05) is 11.6 Å². The zero-order valence-corrected chi connectivity index (χ0v) is 20.7. The van der Waals surface area contributed by atoms with E-state index in [1.165, 1.54) is 6.33 Å². The molecule has 0 radical (unpaired) electrons. The Labute approximate surface area is 209 Å². The Morgan fingerprint density at radius 3 is 3.00 bits per heavy atom. The maximum absolute atomic E-state index is 14.6. The van der Waals surface area contributed by atoms with E-state index in [1.54, 1.807) is 31.4 Å². The third kappa shape index (κ3) is 4.78. The van der Waals surface area contributed by atoms with Gasteiger partial charge in [-0.05, 0) is 34.1 Å². The molecule has 2 unspecified atom stereocenters. The van der Waals surface area contributed by atoms with Gasteiger partial charge >= 0.3 is 0 Å². The third-order valence-electron chi connectivity index (χ3n) is 5.95. The van der Waals surface area contributed by atoms with Crippen molar-refractivity contribution in [1.82, 2.24) is 14.9 Å². The van der Waals surface area contributed by atoms with Gasteiger partial charge in [0.05, 0.1) is 49.2 Å². The van der Waals surface area contributed by atoms with Gasteiger partial charge in [0.2, 0.25) is 0 Å². The summed E-state index contributed by atoms with van der Waals surface area (Å²) in [5.41, 5.74) is 0.818. The highest BCUT2D eigenvalue weighted by atomic mass is 79.9. The van der Waals surface area contributed by atoms with Crippen LogP contribution in [0.2, 0.25) is 5.02 Å². The highest BCUT2D eigenvalue weighted by Crippen LogP contribution is 2.36. The first kappa shape index (κ1) is 23.5. The highest BCUT2D eigenvalue weighted by Gasteiger charge is 2.31. The second kappa shape index (κ2) is 10.2. The Hall–Kier alpha value is -2.24. The summed E-state index contributed by atoms with van der Waals surface area (Å²) in [6.45, 7) is 4.15. The van der Waals surface area contributed by atoms with Crippen LogP contribution in [0.1, 0.15) is 0 Å². The third-order valence-corrected chi connectivity index (χ3v) is 7.20. The predicted molar refractivity (Wildman–Crippen MR) is 130 cm³/mol. The highest BCUT2D eigenvalue weighted by molar-refractivity contribution is 9.10. The summed E-state index contributed by atoms with van der Waals surface area (Å²) in [5.74, 6) is 0.899. The van der Waals surface area contributed by atoms with Crippen molar-refractivity contribution in [3.63, 3.8) is 0 Å². The number of benzene rings is 2. The number of aromatic nitrogens is 2. The SMILES string of the molecule is COc1cc2c(Nc3ccc(Br)c(Cl)c3F)ncnc2cc1OCC1CN2CCOCC2CO1. The fraction of sp³-hybridized carbons (Fsp3) is 0.391. The number of ether oxygens (including phenoxy) is 4. The van der Waals surface area contributed by atoms with Crippen LogP contribution in [0.15, 0.2) is 35.1 Å². The molecule has 0 aliphatic carbocycles. The predicted octanol–water partition coefficient (Wildman–Crippen LogP) is 4.42. The van der Waals surface area contributed by atoms with Crippen molar-refractivity contribution in [2.75, 3.05) is 51.9 Å². The standard InChI is InChI=1S/C23H23BrClFN4O4/c1-31-19-6-15-18(27-12-28-23(15)29-17-3-2-16(24)21(25)22(17)26)7-20(19)34-11-14-8-30-4-5-32-9-13(30)10-33-14/h2-3,6-7,12-14H,4-5,8-11H2,1H3,(H,27,28,29). The summed E-state index contributed by atoms with van der Waals surface area (Å²) in [6.07, 6.45) is 1.35. The van der Waals surface area contributed by atoms with E-state index in [-0.39, 0.29) is 16.8 Å². The van der Waals surface area contributed by atoms with Gasteiger partial charge in [0, 0.05) is 29.0 Å². The van der Waals surface area contributed by atoms with Gasteiger partial charge in [0.25, 0.3) is 0 Å². The number of rotatable bonds is 6. The topological polar surface area (TPSA) is 78.0 Å². The number of anilines is 2. The van der Waals surface area contributed by atoms with Crippen molar-refractivity contribution in [2.24, 2.45) is 0 Å². The number of fused-ring (bicyclic) bond motifs is 2. The zero-order valence-electron chi connectivity index (χ0n) is 18.4. The van der Waals surface area contributed by atoms with E-state index in [0.29, 0.717) is 58.6 Å². The van der Waals surface area contributed by atoms with Crippen LogP contribution < -0.4 is 14.8 Å². The molecule has 3 aromatic rings. The molecule has 2 fully saturated rings. The monoisotopic (exact) mass is 552 g/mol. The fourth-order valence-corrected chi connectivity index (χ4v) is 4.58. The maximum atomic E-state index is 14.6. The molecule has 1 N–H and O–H groups in total. The summed E-state index contributed by atoms with van der Waals surface area (Å²) in [6, 6.07) is 7.11. The van der Waals surface area contributed by atoms with Gasteiger partial charge in [0.15, 0.2) is 17.3 Å². The van der Waals surface area contributed by atoms with Crippen LogP contribution in [0, 0.1) is 5.82 Å². The molecule has 2 atom stereocenters. The van der Waals surface area contributed by atoms with E-state index in [1.807, 2.05) is 0 Å². The van der Waals surface area contributed by atoms with Gasteiger partial charge in [-0.25, -0.2) is 14.4 Å². The first-order valence-corrected chi connectivity index (χ1v) is 12.0. The number of methoxy groups -OCH3 is 1. The molecule has 180 valence electrons. The smallest absolute Gasteiger partial charge is 0.166 e. The molecule has 3 heterocycles. The Bertz CT molecular complexity index is 1200. The normalized spacial score (nSPS) is 20.7. The van der Waals surface area contributed by atoms with Crippen LogP contribution in [-0.4, -0.2) is 73.6 Å². The number of halogens is 3. The van der Waals surface area contributed by atoms with Gasteiger partial charge in [-0.2, -0.15) is 0 Å². The number of hydrogen-bond acceptors (Lipinski definition) is 8. The van der Waals surface area contributed by atoms with Crippen LogP contribution in [0.25, 0.3) is 10.9 Å². The zero-order chi connectivity index (χ0) is 23.7. The molecular formula is C23H23BrClFN4O4. The van der Waals surface area contributed by atoms with Crippen LogP contribution in [-0.2, 0) is 9.47 Å². The van der Waals surface area contributed by atoms with Crippen molar-refractivity contribution >= 4 is 49.9 Å².